The number of anilines is 1. The Morgan fingerprint density at radius 3 is 2.80 bits per heavy atom. The van der Waals surface area contributed by atoms with Gasteiger partial charge in [0, 0.05) is 3.57 Å². The molecule has 0 saturated carbocycles. The van der Waals surface area contributed by atoms with Crippen LogP contribution in [0.1, 0.15) is 6.92 Å². The number of benzene rings is 1. The summed E-state index contributed by atoms with van der Waals surface area (Å²) in [6.45, 7) is 1.89. The molecule has 0 unspecified atom stereocenters. The van der Waals surface area contributed by atoms with Crippen molar-refractivity contribution in [2.75, 3.05) is 4.90 Å². The van der Waals surface area contributed by atoms with E-state index in [4.69, 9.17) is 4.74 Å². The molecule has 0 radical (unpaired) electrons. The molecule has 4 nitrogen and oxygen atoms in total. The standard InChI is InChI=1S/C15H12INO3/c1-15-6-5-10(20-15)11-12(15)14(19)17(13(11)18)9-4-2-3-8(16)7-9/h2-7,10-12H,1H3/t10-,11-,12-,15-/m1/s1. The molecule has 2 fully saturated rings. The van der Waals surface area contributed by atoms with Crippen LogP contribution in [0.2, 0.25) is 0 Å². The molecule has 1 aromatic rings. The van der Waals surface area contributed by atoms with Crippen LogP contribution >= 0.6 is 22.6 Å². The Kier molecular flexibility index (Phi) is 2.45. The molecule has 3 aliphatic heterocycles. The van der Waals surface area contributed by atoms with Gasteiger partial charge in [-0.3, -0.25) is 9.59 Å². The Morgan fingerprint density at radius 2 is 2.10 bits per heavy atom. The van der Waals surface area contributed by atoms with Gasteiger partial charge in [-0.2, -0.15) is 0 Å². The van der Waals surface area contributed by atoms with E-state index in [1.165, 1.54) is 4.90 Å². The third-order valence-corrected chi connectivity index (χ3v) is 5.07. The number of fused-ring (bicyclic) bond motifs is 5. The molecule has 0 N–H and O–H groups in total. The average Bonchev–Trinajstić information content (AvgIpc) is 2.99. The number of nitrogens with zero attached hydrogens (tertiary/aromatic N) is 1. The van der Waals surface area contributed by atoms with Crippen LogP contribution in [0.5, 0.6) is 0 Å². The van der Waals surface area contributed by atoms with Crippen LogP contribution in [0.4, 0.5) is 5.69 Å². The molecule has 2 amide bonds. The lowest BCUT2D eigenvalue weighted by atomic mass is 9.78. The van der Waals surface area contributed by atoms with Crippen LogP contribution in [0.25, 0.3) is 0 Å². The Balaban J connectivity index is 1.79. The summed E-state index contributed by atoms with van der Waals surface area (Å²) in [7, 11) is 0. The van der Waals surface area contributed by atoms with Crippen molar-refractivity contribution in [3.8, 4) is 0 Å². The van der Waals surface area contributed by atoms with Crippen molar-refractivity contribution < 1.29 is 14.3 Å². The summed E-state index contributed by atoms with van der Waals surface area (Å²) >= 11 is 2.18. The van der Waals surface area contributed by atoms with Gasteiger partial charge in [0.05, 0.1) is 29.2 Å². The van der Waals surface area contributed by atoms with E-state index < -0.39 is 5.60 Å². The SMILES string of the molecule is C[C@]12C=C[C@@H](O1)[C@H]1C(=O)N(c3cccc(I)c3)C(=O)[C@@H]12. The van der Waals surface area contributed by atoms with Crippen molar-refractivity contribution in [2.24, 2.45) is 11.8 Å². The maximum Gasteiger partial charge on any atom is 0.241 e. The topological polar surface area (TPSA) is 46.6 Å². The van der Waals surface area contributed by atoms with Crippen LogP contribution in [0.3, 0.4) is 0 Å². The van der Waals surface area contributed by atoms with E-state index in [1.54, 1.807) is 6.07 Å². The minimum atomic E-state index is -0.626. The number of rotatable bonds is 1. The summed E-state index contributed by atoms with van der Waals surface area (Å²) in [5.74, 6) is -1.03. The van der Waals surface area contributed by atoms with Gasteiger partial charge >= 0.3 is 0 Å². The highest BCUT2D eigenvalue weighted by atomic mass is 127. The molecule has 0 aliphatic carbocycles. The molecular weight excluding hydrogens is 369 g/mol. The van der Waals surface area contributed by atoms with Gasteiger partial charge in [0.25, 0.3) is 0 Å². The van der Waals surface area contributed by atoms with Crippen molar-refractivity contribution in [3.05, 3.63) is 40.0 Å². The zero-order valence-corrected chi connectivity index (χ0v) is 12.9. The number of imide groups is 1. The summed E-state index contributed by atoms with van der Waals surface area (Å²) in [5.41, 5.74) is 0.0305. The second-order valence-electron chi connectivity index (χ2n) is 5.62. The zero-order valence-electron chi connectivity index (χ0n) is 10.7. The number of halogens is 1. The van der Waals surface area contributed by atoms with Crippen LogP contribution in [0.15, 0.2) is 36.4 Å². The normalized spacial score (nSPS) is 37.9. The summed E-state index contributed by atoms with van der Waals surface area (Å²) in [6, 6.07) is 7.45. The van der Waals surface area contributed by atoms with Crippen molar-refractivity contribution in [1.29, 1.82) is 0 Å². The minimum absolute atomic E-state index is 0.139. The van der Waals surface area contributed by atoms with E-state index in [0.29, 0.717) is 5.69 Å². The number of hydrogen-bond acceptors (Lipinski definition) is 3. The third kappa shape index (κ3) is 1.45. The highest BCUT2D eigenvalue weighted by Gasteiger charge is 2.65. The van der Waals surface area contributed by atoms with Crippen molar-refractivity contribution >= 4 is 40.1 Å². The number of hydrogen-bond donors (Lipinski definition) is 0. The lowest BCUT2D eigenvalue weighted by molar-refractivity contribution is -0.126. The van der Waals surface area contributed by atoms with Crippen LogP contribution in [-0.2, 0) is 14.3 Å². The minimum Gasteiger partial charge on any atom is -0.362 e. The first-order valence-corrected chi connectivity index (χ1v) is 7.60. The van der Waals surface area contributed by atoms with E-state index in [1.807, 2.05) is 37.3 Å². The Morgan fingerprint density at radius 1 is 1.30 bits per heavy atom. The number of ether oxygens (including phenoxy) is 1. The third-order valence-electron chi connectivity index (χ3n) is 4.40. The highest BCUT2D eigenvalue weighted by Crippen LogP contribution is 2.52. The van der Waals surface area contributed by atoms with E-state index in [9.17, 15) is 9.59 Å². The summed E-state index contributed by atoms with van der Waals surface area (Å²) in [6.07, 6.45) is 3.57. The fourth-order valence-electron chi connectivity index (χ4n) is 3.52. The predicted molar refractivity (Wildman–Crippen MR) is 81.1 cm³/mol. The van der Waals surface area contributed by atoms with Crippen molar-refractivity contribution in [2.45, 2.75) is 18.6 Å². The average molecular weight is 381 g/mol. The zero-order chi connectivity index (χ0) is 14.1. The second-order valence-corrected chi connectivity index (χ2v) is 6.87. The van der Waals surface area contributed by atoms with Gasteiger partial charge < -0.3 is 4.74 Å². The number of carbonyl (C=O) groups is 2. The van der Waals surface area contributed by atoms with Gasteiger partial charge in [0.2, 0.25) is 11.8 Å². The fourth-order valence-corrected chi connectivity index (χ4v) is 4.05. The molecule has 3 heterocycles. The maximum absolute atomic E-state index is 12.7. The molecule has 4 atom stereocenters. The molecular formula is C15H12INO3. The first-order chi connectivity index (χ1) is 9.51. The van der Waals surface area contributed by atoms with E-state index in [2.05, 4.69) is 22.6 Å². The van der Waals surface area contributed by atoms with E-state index in [0.717, 1.165) is 3.57 Å². The number of amides is 2. The molecule has 1 aromatic carbocycles. The van der Waals surface area contributed by atoms with Crippen molar-refractivity contribution in [3.63, 3.8) is 0 Å². The van der Waals surface area contributed by atoms with Crippen LogP contribution in [-0.4, -0.2) is 23.5 Å². The Hall–Kier alpha value is -1.21. The fraction of sp³-hybridized carbons (Fsp3) is 0.333. The lowest BCUT2D eigenvalue weighted by Crippen LogP contribution is -2.38. The van der Waals surface area contributed by atoms with Crippen LogP contribution < -0.4 is 4.90 Å². The Labute approximate surface area is 129 Å². The number of carbonyl (C=O) groups excluding carboxylic acids is 2. The summed E-state index contributed by atoms with van der Waals surface area (Å²) in [5, 5.41) is 0. The predicted octanol–water partition coefficient (Wildman–Crippen LogP) is 2.12. The molecule has 102 valence electrons. The summed E-state index contributed by atoms with van der Waals surface area (Å²) in [4.78, 5) is 26.7. The molecule has 4 rings (SSSR count). The monoisotopic (exact) mass is 381 g/mol. The second kappa shape index (κ2) is 3.92. The molecule has 0 aromatic heterocycles. The van der Waals surface area contributed by atoms with E-state index >= 15 is 0 Å². The van der Waals surface area contributed by atoms with Crippen molar-refractivity contribution in [1.82, 2.24) is 0 Å². The maximum atomic E-state index is 12.7. The molecule has 3 aliphatic rings. The van der Waals surface area contributed by atoms with Gasteiger partial charge in [-0.25, -0.2) is 4.90 Å². The summed E-state index contributed by atoms with van der Waals surface area (Å²) < 4.78 is 6.80. The first-order valence-electron chi connectivity index (χ1n) is 6.52. The van der Waals surface area contributed by atoms with Gasteiger partial charge in [-0.05, 0) is 47.7 Å². The van der Waals surface area contributed by atoms with Gasteiger partial charge in [-0.15, -0.1) is 0 Å². The molecule has 0 spiro atoms. The molecule has 5 heteroatoms. The lowest BCUT2D eigenvalue weighted by Gasteiger charge is -2.24. The van der Waals surface area contributed by atoms with Gasteiger partial charge in [0.1, 0.15) is 0 Å². The van der Waals surface area contributed by atoms with Gasteiger partial charge in [-0.1, -0.05) is 18.2 Å². The van der Waals surface area contributed by atoms with Gasteiger partial charge in [0.15, 0.2) is 0 Å². The first kappa shape index (κ1) is 12.5. The van der Waals surface area contributed by atoms with E-state index in [-0.39, 0.29) is 29.8 Å². The quantitative estimate of drug-likeness (QED) is 0.426. The molecule has 2 saturated heterocycles. The van der Waals surface area contributed by atoms with Crippen LogP contribution in [0, 0.1) is 15.4 Å². The smallest absolute Gasteiger partial charge is 0.241 e. The molecule has 2 bridgehead atoms. The highest BCUT2D eigenvalue weighted by molar-refractivity contribution is 14.1. The Bertz CT molecular complexity index is 671. The largest absolute Gasteiger partial charge is 0.362 e. The molecule has 20 heavy (non-hydrogen) atoms.